The summed E-state index contributed by atoms with van der Waals surface area (Å²) >= 11 is 0. The summed E-state index contributed by atoms with van der Waals surface area (Å²) in [6.45, 7) is 2.16. The highest BCUT2D eigenvalue weighted by molar-refractivity contribution is 6.55. The predicted molar refractivity (Wildman–Crippen MR) is 41.8 cm³/mol. The Labute approximate surface area is 69.1 Å². The maximum absolute atomic E-state index is 8.47. The van der Waals surface area contributed by atoms with E-state index in [1.807, 2.05) is 6.55 Å². The SMILES string of the molecule is C[Si]O[Si](CCCO)O[Si]. The summed E-state index contributed by atoms with van der Waals surface area (Å²) in [6, 6.07) is 0.825. The quantitative estimate of drug-likeness (QED) is 0.582. The Morgan fingerprint density at radius 3 is 2.80 bits per heavy atom. The summed E-state index contributed by atoms with van der Waals surface area (Å²) in [5, 5.41) is 8.47. The molecule has 0 aromatic heterocycles. The molecule has 3 nitrogen and oxygen atoms in total. The van der Waals surface area contributed by atoms with Crippen molar-refractivity contribution in [1.29, 1.82) is 0 Å². The van der Waals surface area contributed by atoms with Gasteiger partial charge in [-0.15, -0.1) is 0 Å². The molecule has 0 fully saturated rings. The fraction of sp³-hybridized carbons (Fsp3) is 1.00. The molecule has 0 aliphatic rings. The first-order valence-electron chi connectivity index (χ1n) is 2.99. The maximum Gasteiger partial charge on any atom is 0.362 e. The van der Waals surface area contributed by atoms with Gasteiger partial charge in [-0.3, -0.25) is 0 Å². The van der Waals surface area contributed by atoms with E-state index in [0.29, 0.717) is 9.76 Å². The molecule has 0 aliphatic heterocycles. The molecule has 0 saturated carbocycles. The first-order valence-corrected chi connectivity index (χ1v) is 6.33. The Morgan fingerprint density at radius 1 is 1.70 bits per heavy atom. The third kappa shape index (κ3) is 5.33. The molecule has 0 aromatic carbocycles. The number of aliphatic hydroxyl groups excluding tert-OH is 1. The number of rotatable bonds is 6. The molecule has 0 amide bonds. The van der Waals surface area contributed by atoms with Crippen molar-refractivity contribution in [3.63, 3.8) is 0 Å². The van der Waals surface area contributed by atoms with Crippen molar-refractivity contribution in [2.24, 2.45) is 0 Å². The molecular weight excluding hydrogens is 180 g/mol. The molecule has 6 radical (unpaired) electrons. The number of hydrogen-bond donors (Lipinski definition) is 1. The van der Waals surface area contributed by atoms with Crippen molar-refractivity contribution < 1.29 is 13.3 Å². The molecule has 0 aliphatic carbocycles. The van der Waals surface area contributed by atoms with Crippen LogP contribution >= 0.6 is 0 Å². The van der Waals surface area contributed by atoms with E-state index in [4.69, 9.17) is 13.3 Å². The first-order chi connectivity index (χ1) is 4.85. The van der Waals surface area contributed by atoms with Gasteiger partial charge in [0.1, 0.15) is 0 Å². The lowest BCUT2D eigenvalue weighted by molar-refractivity contribution is 0.290. The van der Waals surface area contributed by atoms with Crippen LogP contribution in [0.2, 0.25) is 12.6 Å². The molecule has 0 aromatic rings. The average Bonchev–Trinajstić information content (AvgIpc) is 1.98. The van der Waals surface area contributed by atoms with Gasteiger partial charge < -0.3 is 13.3 Å². The Bertz CT molecular complexity index is 72.8. The fourth-order valence-corrected chi connectivity index (χ4v) is 3.18. The van der Waals surface area contributed by atoms with Gasteiger partial charge in [0.25, 0.3) is 0 Å². The van der Waals surface area contributed by atoms with Gasteiger partial charge in [-0.25, -0.2) is 0 Å². The van der Waals surface area contributed by atoms with E-state index in [2.05, 4.69) is 10.5 Å². The summed E-state index contributed by atoms with van der Waals surface area (Å²) in [5.74, 6) is 0. The summed E-state index contributed by atoms with van der Waals surface area (Å²) < 4.78 is 10.1. The monoisotopic (exact) mass is 190 g/mol. The lowest BCUT2D eigenvalue weighted by Gasteiger charge is -2.09. The Hall–Kier alpha value is 0.531. The average molecular weight is 190 g/mol. The van der Waals surface area contributed by atoms with Crippen LogP contribution in [-0.2, 0) is 8.23 Å². The van der Waals surface area contributed by atoms with Crippen LogP contribution in [0.3, 0.4) is 0 Å². The molecule has 6 heteroatoms. The minimum absolute atomic E-state index is 0.208. The molecule has 1 N–H and O–H groups in total. The van der Waals surface area contributed by atoms with Crippen LogP contribution in [0.15, 0.2) is 0 Å². The van der Waals surface area contributed by atoms with Crippen LogP contribution in [0.1, 0.15) is 6.42 Å². The highest BCUT2D eigenvalue weighted by atomic mass is 28.4. The van der Waals surface area contributed by atoms with Gasteiger partial charge >= 0.3 is 9.28 Å². The van der Waals surface area contributed by atoms with Crippen LogP contribution in [0.4, 0.5) is 0 Å². The van der Waals surface area contributed by atoms with Crippen molar-refractivity contribution in [2.75, 3.05) is 6.61 Å². The molecule has 0 bridgehead atoms. The zero-order valence-corrected chi connectivity index (χ0v) is 8.89. The number of aliphatic hydroxyl groups is 1. The zero-order valence-electron chi connectivity index (χ0n) is 5.89. The van der Waals surface area contributed by atoms with Gasteiger partial charge in [0, 0.05) is 6.61 Å². The standard InChI is InChI=1S/C4H10O3Si3/c1-9-7-10(6-8)4-2-3-5/h5H,2-4H2,1H3. The maximum atomic E-state index is 8.47. The lowest BCUT2D eigenvalue weighted by atomic mass is 10.5. The van der Waals surface area contributed by atoms with Crippen LogP contribution in [0.5, 0.6) is 0 Å². The van der Waals surface area contributed by atoms with Crippen molar-refractivity contribution >= 4 is 29.5 Å². The minimum Gasteiger partial charge on any atom is -0.436 e. The van der Waals surface area contributed by atoms with Crippen LogP contribution in [-0.4, -0.2) is 41.2 Å². The third-order valence-corrected chi connectivity index (χ3v) is 4.27. The van der Waals surface area contributed by atoms with Gasteiger partial charge in [0.2, 0.25) is 20.2 Å². The van der Waals surface area contributed by atoms with E-state index in [1.54, 1.807) is 0 Å². The normalized spacial score (nSPS) is 10.8. The fourth-order valence-electron chi connectivity index (χ4n) is 0.460. The van der Waals surface area contributed by atoms with E-state index in [-0.39, 0.29) is 6.61 Å². The van der Waals surface area contributed by atoms with E-state index in [0.717, 1.165) is 12.5 Å². The van der Waals surface area contributed by atoms with E-state index in [9.17, 15) is 0 Å². The van der Waals surface area contributed by atoms with Gasteiger partial charge in [0.05, 0.1) is 0 Å². The van der Waals surface area contributed by atoms with Gasteiger partial charge in [0.15, 0.2) is 0 Å². The smallest absolute Gasteiger partial charge is 0.362 e. The summed E-state index contributed by atoms with van der Waals surface area (Å²) in [5.41, 5.74) is 0. The Kier molecular flexibility index (Phi) is 8.04. The minimum atomic E-state index is -1.13. The van der Waals surface area contributed by atoms with E-state index in [1.165, 1.54) is 0 Å². The van der Waals surface area contributed by atoms with E-state index < -0.39 is 9.28 Å². The Morgan fingerprint density at radius 2 is 2.40 bits per heavy atom. The van der Waals surface area contributed by atoms with Gasteiger partial charge in [-0.05, 0) is 19.0 Å². The Balaban J connectivity index is 3.21. The summed E-state index contributed by atoms with van der Waals surface area (Å²) in [6.07, 6.45) is 0.753. The first kappa shape index (κ1) is 10.5. The third-order valence-electron chi connectivity index (χ3n) is 0.869. The largest absolute Gasteiger partial charge is 0.436 e. The zero-order chi connectivity index (χ0) is 7.82. The molecule has 0 heterocycles. The van der Waals surface area contributed by atoms with Crippen molar-refractivity contribution in [3.8, 4) is 0 Å². The summed E-state index contributed by atoms with van der Waals surface area (Å²) in [7, 11) is 2.27. The van der Waals surface area contributed by atoms with Gasteiger partial charge in [-0.2, -0.15) is 0 Å². The van der Waals surface area contributed by atoms with Crippen molar-refractivity contribution in [3.05, 3.63) is 0 Å². The molecular formula is C4H10O3Si3. The summed E-state index contributed by atoms with van der Waals surface area (Å²) in [4.78, 5) is 0. The molecule has 0 atom stereocenters. The second-order valence-corrected chi connectivity index (χ2v) is 4.89. The molecule has 10 heavy (non-hydrogen) atoms. The van der Waals surface area contributed by atoms with Crippen molar-refractivity contribution in [1.82, 2.24) is 0 Å². The second kappa shape index (κ2) is 7.64. The second-order valence-electron chi connectivity index (χ2n) is 1.61. The van der Waals surface area contributed by atoms with Crippen LogP contribution < -0.4 is 0 Å². The molecule has 0 unspecified atom stereocenters. The van der Waals surface area contributed by atoms with E-state index >= 15 is 0 Å². The number of hydrogen-bond acceptors (Lipinski definition) is 3. The molecule has 0 saturated heterocycles. The van der Waals surface area contributed by atoms with Gasteiger partial charge in [-0.1, -0.05) is 0 Å². The van der Waals surface area contributed by atoms with Crippen LogP contribution in [0.25, 0.3) is 0 Å². The predicted octanol–water partition coefficient (Wildman–Crippen LogP) is -0.359. The highest BCUT2D eigenvalue weighted by Crippen LogP contribution is 1.97. The molecule has 56 valence electrons. The van der Waals surface area contributed by atoms with Crippen LogP contribution in [0, 0.1) is 0 Å². The van der Waals surface area contributed by atoms with Crippen molar-refractivity contribution in [2.45, 2.75) is 19.0 Å². The topological polar surface area (TPSA) is 38.7 Å². The molecule has 0 rings (SSSR count). The highest BCUT2D eigenvalue weighted by Gasteiger charge is 2.10. The lowest BCUT2D eigenvalue weighted by Crippen LogP contribution is -2.22. The molecule has 0 spiro atoms.